The van der Waals surface area contributed by atoms with Crippen molar-refractivity contribution in [1.29, 1.82) is 0 Å². The topological polar surface area (TPSA) is 73.1 Å². The number of hydrogen-bond acceptors (Lipinski definition) is 5. The standard InChI is InChI=1S/C12H19BrN4O/c1-18-10-9(13)7-15-11(17-10)16-8-12(14)5-3-2-4-6-12/h7H,2-6,8,14H2,1H3,(H,15,16,17). The number of anilines is 1. The molecule has 1 aromatic heterocycles. The van der Waals surface area contributed by atoms with Crippen LogP contribution in [0.4, 0.5) is 5.95 Å². The van der Waals surface area contributed by atoms with E-state index in [9.17, 15) is 0 Å². The first-order chi connectivity index (χ1) is 8.63. The zero-order valence-electron chi connectivity index (χ0n) is 10.6. The fraction of sp³-hybridized carbons (Fsp3) is 0.667. The normalized spacial score (nSPS) is 18.4. The van der Waals surface area contributed by atoms with E-state index in [4.69, 9.17) is 10.5 Å². The summed E-state index contributed by atoms with van der Waals surface area (Å²) in [4.78, 5) is 8.46. The molecule has 0 amide bonds. The molecule has 0 atom stereocenters. The van der Waals surface area contributed by atoms with Crippen molar-refractivity contribution in [3.05, 3.63) is 10.7 Å². The van der Waals surface area contributed by atoms with Gasteiger partial charge in [0, 0.05) is 12.1 Å². The van der Waals surface area contributed by atoms with E-state index >= 15 is 0 Å². The lowest BCUT2D eigenvalue weighted by molar-refractivity contribution is 0.310. The van der Waals surface area contributed by atoms with Crippen molar-refractivity contribution in [1.82, 2.24) is 9.97 Å². The summed E-state index contributed by atoms with van der Waals surface area (Å²) in [7, 11) is 1.59. The second-order valence-corrected chi connectivity index (χ2v) is 5.68. The predicted octanol–water partition coefficient (Wildman–Crippen LogP) is 2.32. The average molecular weight is 315 g/mol. The Kier molecular flexibility index (Phi) is 4.40. The highest BCUT2D eigenvalue weighted by Crippen LogP contribution is 2.26. The molecule has 2 rings (SSSR count). The molecule has 6 heteroatoms. The van der Waals surface area contributed by atoms with Crippen LogP contribution in [0.5, 0.6) is 5.88 Å². The van der Waals surface area contributed by atoms with E-state index in [0.717, 1.165) is 17.3 Å². The zero-order chi connectivity index (χ0) is 13.0. The highest BCUT2D eigenvalue weighted by molar-refractivity contribution is 9.10. The molecule has 1 saturated carbocycles. The van der Waals surface area contributed by atoms with Crippen molar-refractivity contribution in [3.63, 3.8) is 0 Å². The van der Waals surface area contributed by atoms with Gasteiger partial charge in [-0.05, 0) is 28.8 Å². The van der Waals surface area contributed by atoms with Crippen molar-refractivity contribution in [2.24, 2.45) is 5.73 Å². The van der Waals surface area contributed by atoms with E-state index in [1.165, 1.54) is 19.3 Å². The molecular weight excluding hydrogens is 296 g/mol. The van der Waals surface area contributed by atoms with Gasteiger partial charge in [-0.3, -0.25) is 0 Å². The van der Waals surface area contributed by atoms with Gasteiger partial charge >= 0.3 is 0 Å². The number of aromatic nitrogens is 2. The molecular formula is C12H19BrN4O. The minimum Gasteiger partial charge on any atom is -0.480 e. The lowest BCUT2D eigenvalue weighted by atomic mass is 9.82. The Labute approximate surface area is 116 Å². The molecule has 0 bridgehead atoms. The van der Waals surface area contributed by atoms with Gasteiger partial charge in [0.1, 0.15) is 0 Å². The SMILES string of the molecule is COc1nc(NCC2(N)CCCCC2)ncc1Br. The largest absolute Gasteiger partial charge is 0.480 e. The summed E-state index contributed by atoms with van der Waals surface area (Å²) in [6.07, 6.45) is 7.52. The van der Waals surface area contributed by atoms with Crippen molar-refractivity contribution in [2.45, 2.75) is 37.6 Å². The molecule has 1 aliphatic rings. The predicted molar refractivity (Wildman–Crippen MR) is 74.8 cm³/mol. The maximum absolute atomic E-state index is 6.35. The Bertz CT molecular complexity index is 407. The monoisotopic (exact) mass is 314 g/mol. The molecule has 1 fully saturated rings. The smallest absolute Gasteiger partial charge is 0.232 e. The lowest BCUT2D eigenvalue weighted by Gasteiger charge is -2.33. The summed E-state index contributed by atoms with van der Waals surface area (Å²) in [5.41, 5.74) is 6.23. The van der Waals surface area contributed by atoms with Crippen LogP contribution in [0.15, 0.2) is 10.7 Å². The molecule has 3 N–H and O–H groups in total. The van der Waals surface area contributed by atoms with Gasteiger partial charge in [-0.25, -0.2) is 4.98 Å². The van der Waals surface area contributed by atoms with Gasteiger partial charge in [-0.1, -0.05) is 19.3 Å². The summed E-state index contributed by atoms with van der Waals surface area (Å²) in [5.74, 6) is 1.09. The van der Waals surface area contributed by atoms with Gasteiger partial charge < -0.3 is 15.8 Å². The second-order valence-electron chi connectivity index (χ2n) is 4.83. The van der Waals surface area contributed by atoms with Crippen molar-refractivity contribution in [3.8, 4) is 5.88 Å². The van der Waals surface area contributed by atoms with Crippen LogP contribution in [0.2, 0.25) is 0 Å². The van der Waals surface area contributed by atoms with Crippen LogP contribution in [0.1, 0.15) is 32.1 Å². The van der Waals surface area contributed by atoms with Gasteiger partial charge in [-0.15, -0.1) is 0 Å². The number of nitrogens with zero attached hydrogens (tertiary/aromatic N) is 2. The highest BCUT2D eigenvalue weighted by atomic mass is 79.9. The Morgan fingerprint density at radius 1 is 1.44 bits per heavy atom. The zero-order valence-corrected chi connectivity index (χ0v) is 12.2. The Hall–Kier alpha value is -0.880. The molecule has 0 aliphatic heterocycles. The molecule has 1 aliphatic carbocycles. The van der Waals surface area contributed by atoms with Crippen LogP contribution in [-0.4, -0.2) is 29.2 Å². The summed E-state index contributed by atoms with van der Waals surface area (Å²) in [6, 6.07) is 0. The highest BCUT2D eigenvalue weighted by Gasteiger charge is 2.27. The second kappa shape index (κ2) is 5.84. The average Bonchev–Trinajstić information content (AvgIpc) is 2.39. The first kappa shape index (κ1) is 13.5. The maximum atomic E-state index is 6.35. The third-order valence-corrected chi connectivity index (χ3v) is 3.90. The fourth-order valence-electron chi connectivity index (χ4n) is 2.27. The summed E-state index contributed by atoms with van der Waals surface area (Å²) in [6.45, 7) is 0.706. The third kappa shape index (κ3) is 3.32. The summed E-state index contributed by atoms with van der Waals surface area (Å²) >= 11 is 3.33. The van der Waals surface area contributed by atoms with E-state index in [1.807, 2.05) is 0 Å². The van der Waals surface area contributed by atoms with Crippen molar-refractivity contribution < 1.29 is 4.74 Å². The molecule has 0 spiro atoms. The maximum Gasteiger partial charge on any atom is 0.232 e. The quantitative estimate of drug-likeness (QED) is 0.892. The van der Waals surface area contributed by atoms with Crippen LogP contribution < -0.4 is 15.8 Å². The first-order valence-electron chi connectivity index (χ1n) is 6.22. The molecule has 5 nitrogen and oxygen atoms in total. The molecule has 100 valence electrons. The van der Waals surface area contributed by atoms with Crippen LogP contribution in [0.3, 0.4) is 0 Å². The van der Waals surface area contributed by atoms with Crippen molar-refractivity contribution >= 4 is 21.9 Å². The van der Waals surface area contributed by atoms with Crippen LogP contribution in [0, 0.1) is 0 Å². The number of halogens is 1. The Morgan fingerprint density at radius 2 is 2.17 bits per heavy atom. The number of rotatable bonds is 4. The van der Waals surface area contributed by atoms with Gasteiger partial charge in [-0.2, -0.15) is 4.98 Å². The van der Waals surface area contributed by atoms with E-state index < -0.39 is 0 Å². The van der Waals surface area contributed by atoms with E-state index in [2.05, 4.69) is 31.2 Å². The summed E-state index contributed by atoms with van der Waals surface area (Å²) in [5, 5.41) is 3.21. The molecule has 0 saturated heterocycles. The van der Waals surface area contributed by atoms with Gasteiger partial charge in [0.15, 0.2) is 0 Å². The number of methoxy groups -OCH3 is 1. The van der Waals surface area contributed by atoms with Gasteiger partial charge in [0.05, 0.1) is 17.8 Å². The first-order valence-corrected chi connectivity index (χ1v) is 7.01. The number of hydrogen-bond donors (Lipinski definition) is 2. The third-order valence-electron chi connectivity index (χ3n) is 3.35. The molecule has 0 unspecified atom stereocenters. The molecule has 0 radical (unpaired) electrons. The Morgan fingerprint density at radius 3 is 2.83 bits per heavy atom. The summed E-state index contributed by atoms with van der Waals surface area (Å²) < 4.78 is 5.88. The van der Waals surface area contributed by atoms with Gasteiger partial charge in [0.2, 0.25) is 11.8 Å². The van der Waals surface area contributed by atoms with Crippen LogP contribution >= 0.6 is 15.9 Å². The minimum absolute atomic E-state index is 0.123. The molecule has 18 heavy (non-hydrogen) atoms. The number of ether oxygens (including phenoxy) is 1. The molecule has 1 heterocycles. The van der Waals surface area contributed by atoms with Gasteiger partial charge in [0.25, 0.3) is 0 Å². The Balaban J connectivity index is 1.97. The minimum atomic E-state index is -0.123. The van der Waals surface area contributed by atoms with Crippen LogP contribution in [-0.2, 0) is 0 Å². The number of nitrogens with two attached hydrogens (primary N) is 1. The van der Waals surface area contributed by atoms with E-state index in [-0.39, 0.29) is 5.54 Å². The van der Waals surface area contributed by atoms with Crippen LogP contribution in [0.25, 0.3) is 0 Å². The van der Waals surface area contributed by atoms with E-state index in [0.29, 0.717) is 18.4 Å². The number of nitrogens with one attached hydrogen (secondary N) is 1. The molecule has 0 aromatic carbocycles. The fourth-order valence-corrected chi connectivity index (χ4v) is 2.62. The molecule has 1 aromatic rings. The lowest BCUT2D eigenvalue weighted by Crippen LogP contribution is -2.47. The van der Waals surface area contributed by atoms with E-state index in [1.54, 1.807) is 13.3 Å². The van der Waals surface area contributed by atoms with Crippen molar-refractivity contribution in [2.75, 3.05) is 19.0 Å².